The highest BCUT2D eigenvalue weighted by molar-refractivity contribution is 7.89. The summed E-state index contributed by atoms with van der Waals surface area (Å²) in [5.41, 5.74) is 6.63. The molecule has 0 saturated carbocycles. The van der Waals surface area contributed by atoms with E-state index in [-0.39, 0.29) is 17.5 Å². The van der Waals surface area contributed by atoms with Gasteiger partial charge >= 0.3 is 0 Å². The molecule has 0 bridgehead atoms. The maximum Gasteiger partial charge on any atom is 0.244 e. The number of hydrogen-bond donors (Lipinski definition) is 2. The molecule has 0 aliphatic carbocycles. The number of nitrogens with zero attached hydrogens (tertiary/aromatic N) is 2. The van der Waals surface area contributed by atoms with E-state index >= 15 is 0 Å². The molecule has 3 N–H and O–H groups in total. The molecule has 0 fully saturated rings. The molecule has 1 unspecified atom stereocenters. The lowest BCUT2D eigenvalue weighted by atomic mass is 10.2. The molecule has 0 radical (unpaired) electrons. The molecule has 1 aromatic rings. The van der Waals surface area contributed by atoms with E-state index in [4.69, 9.17) is 5.73 Å². The summed E-state index contributed by atoms with van der Waals surface area (Å²) in [5.74, 6) is 0. The Balaban J connectivity index is 3.13. The molecule has 6 nitrogen and oxygen atoms in total. The molecule has 0 amide bonds. The quantitative estimate of drug-likeness (QED) is 0.783. The minimum absolute atomic E-state index is 0.237. The fraction of sp³-hybridized carbons (Fsp3) is 0.700. The number of rotatable bonds is 5. The van der Waals surface area contributed by atoms with Crippen molar-refractivity contribution in [2.45, 2.75) is 38.1 Å². The summed E-state index contributed by atoms with van der Waals surface area (Å²) in [6, 6.07) is -0.237. The van der Waals surface area contributed by atoms with Crippen LogP contribution >= 0.6 is 0 Å². The minimum atomic E-state index is -3.54. The molecule has 0 aliphatic heterocycles. The molecule has 0 saturated heterocycles. The lowest BCUT2D eigenvalue weighted by Crippen LogP contribution is -2.39. The summed E-state index contributed by atoms with van der Waals surface area (Å²) < 4.78 is 28.6. The first-order valence-corrected chi connectivity index (χ1v) is 7.04. The molecule has 0 aliphatic rings. The Hall–Kier alpha value is -0.920. The van der Waals surface area contributed by atoms with Crippen LogP contribution in [0.5, 0.6) is 0 Å². The van der Waals surface area contributed by atoms with E-state index in [0.29, 0.717) is 17.8 Å². The van der Waals surface area contributed by atoms with Gasteiger partial charge in [-0.3, -0.25) is 4.68 Å². The second-order valence-corrected chi connectivity index (χ2v) is 5.74. The fourth-order valence-corrected chi connectivity index (χ4v) is 3.49. The standard InChI is InChI=1S/C10H20N4O2S/c1-5-9(6-11)13-17(15,16)10-7(2)12-14(4)8(10)3/h9,13H,5-6,11H2,1-4H3. The molecule has 0 aromatic carbocycles. The topological polar surface area (TPSA) is 90.0 Å². The second kappa shape index (κ2) is 5.16. The zero-order valence-corrected chi connectivity index (χ0v) is 11.5. The van der Waals surface area contributed by atoms with Crippen molar-refractivity contribution in [2.75, 3.05) is 6.54 Å². The molecule has 17 heavy (non-hydrogen) atoms. The highest BCUT2D eigenvalue weighted by atomic mass is 32.2. The Kier molecular flexibility index (Phi) is 4.29. The first kappa shape index (κ1) is 14.1. The SMILES string of the molecule is CCC(CN)NS(=O)(=O)c1c(C)nn(C)c1C. The van der Waals surface area contributed by atoms with E-state index < -0.39 is 10.0 Å². The third-order valence-electron chi connectivity index (χ3n) is 2.81. The molecule has 98 valence electrons. The Morgan fingerprint density at radius 1 is 1.47 bits per heavy atom. The van der Waals surface area contributed by atoms with Crippen molar-refractivity contribution in [3.05, 3.63) is 11.4 Å². The lowest BCUT2D eigenvalue weighted by Gasteiger charge is -2.14. The van der Waals surface area contributed by atoms with Crippen molar-refractivity contribution < 1.29 is 8.42 Å². The number of sulfonamides is 1. The number of aryl methyl sites for hydroxylation is 2. The van der Waals surface area contributed by atoms with Gasteiger partial charge < -0.3 is 5.73 Å². The number of nitrogens with one attached hydrogen (secondary N) is 1. The monoisotopic (exact) mass is 260 g/mol. The van der Waals surface area contributed by atoms with Crippen LogP contribution < -0.4 is 10.5 Å². The Morgan fingerprint density at radius 3 is 2.41 bits per heavy atom. The van der Waals surface area contributed by atoms with E-state index in [2.05, 4.69) is 9.82 Å². The van der Waals surface area contributed by atoms with Crippen LogP contribution in [0.25, 0.3) is 0 Å². The molecule has 1 heterocycles. The second-order valence-electron chi connectivity index (χ2n) is 4.09. The molecular weight excluding hydrogens is 240 g/mol. The average Bonchev–Trinajstić information content (AvgIpc) is 2.50. The van der Waals surface area contributed by atoms with Crippen molar-refractivity contribution >= 4 is 10.0 Å². The van der Waals surface area contributed by atoms with Gasteiger partial charge in [0.2, 0.25) is 10.0 Å². The van der Waals surface area contributed by atoms with E-state index in [1.54, 1.807) is 25.6 Å². The van der Waals surface area contributed by atoms with Crippen molar-refractivity contribution in [3.8, 4) is 0 Å². The van der Waals surface area contributed by atoms with Crippen LogP contribution in [-0.2, 0) is 17.1 Å². The predicted octanol–water partition coefficient (Wildman–Crippen LogP) is 0.0525. The van der Waals surface area contributed by atoms with Gasteiger partial charge in [-0.05, 0) is 20.3 Å². The van der Waals surface area contributed by atoms with Gasteiger partial charge in [0.05, 0.1) is 11.4 Å². The average molecular weight is 260 g/mol. The largest absolute Gasteiger partial charge is 0.329 e. The zero-order chi connectivity index (χ0) is 13.2. The normalized spacial score (nSPS) is 13.9. The number of aromatic nitrogens is 2. The summed E-state index contributed by atoms with van der Waals surface area (Å²) in [7, 11) is -1.81. The molecule has 0 spiro atoms. The molecule has 1 rings (SSSR count). The van der Waals surface area contributed by atoms with Gasteiger partial charge in [-0.1, -0.05) is 6.92 Å². The molecule has 7 heteroatoms. The lowest BCUT2D eigenvalue weighted by molar-refractivity contribution is 0.541. The predicted molar refractivity (Wildman–Crippen MR) is 66.1 cm³/mol. The van der Waals surface area contributed by atoms with Gasteiger partial charge in [-0.15, -0.1) is 0 Å². The van der Waals surface area contributed by atoms with E-state index in [0.717, 1.165) is 0 Å². The maximum absolute atomic E-state index is 12.2. The van der Waals surface area contributed by atoms with Crippen molar-refractivity contribution in [2.24, 2.45) is 12.8 Å². The minimum Gasteiger partial charge on any atom is -0.329 e. The third-order valence-corrected chi connectivity index (χ3v) is 4.58. The highest BCUT2D eigenvalue weighted by Crippen LogP contribution is 2.18. The van der Waals surface area contributed by atoms with Gasteiger partial charge in [0, 0.05) is 19.6 Å². The Bertz CT molecular complexity index is 489. The zero-order valence-electron chi connectivity index (χ0n) is 10.7. The summed E-state index contributed by atoms with van der Waals surface area (Å²) in [5, 5.41) is 4.10. The summed E-state index contributed by atoms with van der Waals surface area (Å²) in [6.45, 7) is 5.60. The van der Waals surface area contributed by atoms with Crippen LogP contribution in [0.4, 0.5) is 0 Å². The van der Waals surface area contributed by atoms with Crippen molar-refractivity contribution in [3.63, 3.8) is 0 Å². The fourth-order valence-electron chi connectivity index (χ4n) is 1.72. The van der Waals surface area contributed by atoms with Gasteiger partial charge in [-0.2, -0.15) is 5.10 Å². The Labute approximate surface area is 102 Å². The smallest absolute Gasteiger partial charge is 0.244 e. The van der Waals surface area contributed by atoms with Gasteiger partial charge in [-0.25, -0.2) is 13.1 Å². The number of hydrogen-bond acceptors (Lipinski definition) is 4. The Morgan fingerprint density at radius 2 is 2.06 bits per heavy atom. The molecule has 1 aromatic heterocycles. The van der Waals surface area contributed by atoms with E-state index in [1.165, 1.54) is 0 Å². The molecule has 1 atom stereocenters. The molecular formula is C10H20N4O2S. The van der Waals surface area contributed by atoms with Crippen LogP contribution in [0.15, 0.2) is 4.90 Å². The first-order chi connectivity index (χ1) is 7.83. The van der Waals surface area contributed by atoms with Crippen LogP contribution in [0.1, 0.15) is 24.7 Å². The van der Waals surface area contributed by atoms with Crippen LogP contribution in [0.2, 0.25) is 0 Å². The first-order valence-electron chi connectivity index (χ1n) is 5.56. The highest BCUT2D eigenvalue weighted by Gasteiger charge is 2.25. The van der Waals surface area contributed by atoms with Crippen molar-refractivity contribution in [1.82, 2.24) is 14.5 Å². The van der Waals surface area contributed by atoms with Crippen LogP contribution in [0, 0.1) is 13.8 Å². The van der Waals surface area contributed by atoms with Gasteiger partial charge in [0.1, 0.15) is 4.90 Å². The number of nitrogens with two attached hydrogens (primary N) is 1. The van der Waals surface area contributed by atoms with Crippen molar-refractivity contribution in [1.29, 1.82) is 0 Å². The summed E-state index contributed by atoms with van der Waals surface area (Å²) in [4.78, 5) is 0.256. The summed E-state index contributed by atoms with van der Waals surface area (Å²) in [6.07, 6.45) is 0.661. The maximum atomic E-state index is 12.2. The van der Waals surface area contributed by atoms with Crippen LogP contribution in [0.3, 0.4) is 0 Å². The summed E-state index contributed by atoms with van der Waals surface area (Å²) >= 11 is 0. The van der Waals surface area contributed by atoms with Gasteiger partial charge in [0.25, 0.3) is 0 Å². The van der Waals surface area contributed by atoms with Gasteiger partial charge in [0.15, 0.2) is 0 Å². The van der Waals surface area contributed by atoms with E-state index in [1.807, 2.05) is 6.92 Å². The third kappa shape index (κ3) is 2.85. The van der Waals surface area contributed by atoms with E-state index in [9.17, 15) is 8.42 Å². The van der Waals surface area contributed by atoms with Crippen LogP contribution in [-0.4, -0.2) is 30.8 Å².